The van der Waals surface area contributed by atoms with Crippen LogP contribution in [0, 0.1) is 5.82 Å². The van der Waals surface area contributed by atoms with Crippen molar-refractivity contribution in [3.05, 3.63) is 60.4 Å². The van der Waals surface area contributed by atoms with Gasteiger partial charge in [-0.25, -0.2) is 17.1 Å². The van der Waals surface area contributed by atoms with Gasteiger partial charge in [-0.15, -0.1) is 10.2 Å². The minimum absolute atomic E-state index is 0.0125. The van der Waals surface area contributed by atoms with Gasteiger partial charge in [0.1, 0.15) is 23.0 Å². The van der Waals surface area contributed by atoms with E-state index < -0.39 is 35.1 Å². The number of methoxy groups -OCH3 is 2. The molecule has 4 aromatic rings. The molecule has 4 rings (SSSR count). The van der Waals surface area contributed by atoms with Crippen molar-refractivity contribution in [3.63, 3.8) is 0 Å². The topological polar surface area (TPSA) is 142 Å². The molecule has 0 bridgehead atoms. The lowest BCUT2D eigenvalue weighted by Gasteiger charge is -2.30. The van der Waals surface area contributed by atoms with Crippen LogP contribution in [0.5, 0.6) is 11.5 Å². The van der Waals surface area contributed by atoms with Crippen LogP contribution >= 0.6 is 0 Å². The number of rotatable bonds is 13. The molecule has 1 aromatic carbocycles. The molecular formula is C29H37FN6O6SSi. The summed E-state index contributed by atoms with van der Waals surface area (Å²) in [5, 5.41) is 10.3. The van der Waals surface area contributed by atoms with Gasteiger partial charge in [0.2, 0.25) is 27.7 Å². The monoisotopic (exact) mass is 644 g/mol. The zero-order valence-corrected chi connectivity index (χ0v) is 27.6. The molecule has 0 spiro atoms. The largest absolute Gasteiger partial charge is 0.494 e. The van der Waals surface area contributed by atoms with Gasteiger partial charge >= 0.3 is 0 Å². The van der Waals surface area contributed by atoms with Gasteiger partial charge in [-0.1, -0.05) is 25.7 Å². The number of nitrogens with zero attached hydrogens (tertiary/aromatic N) is 5. The maximum absolute atomic E-state index is 14.5. The Morgan fingerprint density at radius 3 is 2.39 bits per heavy atom. The average molecular weight is 645 g/mol. The summed E-state index contributed by atoms with van der Waals surface area (Å²) in [7, 11) is -2.97. The summed E-state index contributed by atoms with van der Waals surface area (Å²) >= 11 is 0. The number of halogens is 1. The zero-order valence-electron chi connectivity index (χ0n) is 25.8. The molecule has 0 aliphatic heterocycles. The van der Waals surface area contributed by atoms with Gasteiger partial charge < -0.3 is 19.2 Å². The molecular weight excluding hydrogens is 608 g/mol. The van der Waals surface area contributed by atoms with E-state index in [4.69, 9.17) is 13.9 Å². The molecule has 44 heavy (non-hydrogen) atoms. The summed E-state index contributed by atoms with van der Waals surface area (Å²) in [6, 6.07) is 10.3. The van der Waals surface area contributed by atoms with Crippen LogP contribution in [0.4, 0.5) is 16.0 Å². The van der Waals surface area contributed by atoms with Crippen LogP contribution in [-0.4, -0.2) is 68.2 Å². The van der Waals surface area contributed by atoms with Crippen LogP contribution in [0.3, 0.4) is 0 Å². The number of aromatic nitrogens is 4. The lowest BCUT2D eigenvalue weighted by atomic mass is 10.2. The van der Waals surface area contributed by atoms with Crippen molar-refractivity contribution in [2.45, 2.75) is 51.2 Å². The number of benzene rings is 1. The Balaban J connectivity index is 1.91. The van der Waals surface area contributed by atoms with Crippen LogP contribution in [-0.2, 0) is 21.2 Å². The summed E-state index contributed by atoms with van der Waals surface area (Å²) in [6.45, 7) is 9.37. The number of para-hydroxylation sites is 1. The number of sulfonamides is 1. The Morgan fingerprint density at radius 2 is 1.82 bits per heavy atom. The van der Waals surface area contributed by atoms with Crippen LogP contribution in [0.2, 0.25) is 25.7 Å². The molecule has 1 atom stereocenters. The van der Waals surface area contributed by atoms with Crippen LogP contribution < -0.4 is 19.1 Å². The van der Waals surface area contributed by atoms with Crippen molar-refractivity contribution in [1.82, 2.24) is 19.7 Å². The van der Waals surface area contributed by atoms with Crippen molar-refractivity contribution in [2.75, 3.05) is 30.4 Å². The first-order valence-corrected chi connectivity index (χ1v) is 19.1. The predicted molar refractivity (Wildman–Crippen MR) is 168 cm³/mol. The van der Waals surface area contributed by atoms with Crippen molar-refractivity contribution in [2.24, 2.45) is 0 Å². The van der Waals surface area contributed by atoms with Crippen molar-refractivity contribution in [1.29, 1.82) is 0 Å². The second-order valence-corrected chi connectivity index (χ2v) is 19.3. The van der Waals surface area contributed by atoms with Gasteiger partial charge in [0.15, 0.2) is 5.76 Å². The molecule has 0 aliphatic carbocycles. The Hall–Kier alpha value is -4.24. The Bertz CT molecular complexity index is 1700. The van der Waals surface area contributed by atoms with Gasteiger partial charge in [-0.2, -0.15) is 0 Å². The molecule has 1 amide bonds. The normalized spacial score (nSPS) is 12.5. The van der Waals surface area contributed by atoms with Gasteiger partial charge in [0.05, 0.1) is 43.3 Å². The molecule has 0 saturated heterocycles. The van der Waals surface area contributed by atoms with Crippen LogP contribution in [0.1, 0.15) is 19.5 Å². The van der Waals surface area contributed by atoms with Gasteiger partial charge in [0, 0.05) is 34.0 Å². The van der Waals surface area contributed by atoms with Crippen molar-refractivity contribution < 1.29 is 31.5 Å². The molecule has 12 nitrogen and oxygen atoms in total. The zero-order chi connectivity index (χ0) is 32.2. The highest BCUT2D eigenvalue weighted by Gasteiger charge is 2.37. The number of nitrogens with one attached hydrogen (secondary N) is 1. The SMILES string of the molecule is COc1cccc(OC)c1-n1c(-c2ccco2)nnc1N(CC[Si](C)(C)C)S(=O)(=O)C(C)Cc1ncc(F)cc1NC(C)=O. The summed E-state index contributed by atoms with van der Waals surface area (Å²) in [5.74, 6) is 0.292. The number of hydrogen-bond donors (Lipinski definition) is 1. The fraction of sp³-hybridized carbons (Fsp3) is 0.379. The minimum Gasteiger partial charge on any atom is -0.494 e. The van der Waals surface area contributed by atoms with E-state index in [-0.39, 0.29) is 36.1 Å². The minimum atomic E-state index is -4.18. The summed E-state index contributed by atoms with van der Waals surface area (Å²) in [6.07, 6.45) is 2.36. The number of hydrogen-bond acceptors (Lipinski definition) is 9. The molecule has 0 fully saturated rings. The highest BCUT2D eigenvalue weighted by molar-refractivity contribution is 7.93. The number of carbonyl (C=O) groups is 1. The first-order valence-electron chi connectivity index (χ1n) is 13.9. The van der Waals surface area contributed by atoms with Gasteiger partial charge in [0.25, 0.3) is 0 Å². The molecule has 3 heterocycles. The third kappa shape index (κ3) is 7.10. The van der Waals surface area contributed by atoms with Crippen LogP contribution in [0.15, 0.2) is 53.3 Å². The number of pyridine rings is 1. The molecule has 236 valence electrons. The summed E-state index contributed by atoms with van der Waals surface area (Å²) < 4.78 is 62.9. The van der Waals surface area contributed by atoms with E-state index in [1.165, 1.54) is 38.6 Å². The fourth-order valence-electron chi connectivity index (χ4n) is 4.56. The van der Waals surface area contributed by atoms with E-state index in [0.717, 1.165) is 12.3 Å². The number of amides is 1. The predicted octanol–water partition coefficient (Wildman–Crippen LogP) is 5.14. The Kier molecular flexibility index (Phi) is 9.78. The summed E-state index contributed by atoms with van der Waals surface area (Å²) in [5.41, 5.74) is 0.722. The summed E-state index contributed by atoms with van der Waals surface area (Å²) in [4.78, 5) is 15.9. The smallest absolute Gasteiger partial charge is 0.246 e. The van der Waals surface area contributed by atoms with Gasteiger partial charge in [-0.05, 0) is 37.2 Å². The van der Waals surface area contributed by atoms with Crippen molar-refractivity contribution >= 4 is 35.6 Å². The molecule has 3 aromatic heterocycles. The van der Waals surface area contributed by atoms with E-state index in [1.54, 1.807) is 34.9 Å². The molecule has 0 saturated carbocycles. The molecule has 1 N–H and O–H groups in total. The highest BCUT2D eigenvalue weighted by Crippen LogP contribution is 2.39. The van der Waals surface area contributed by atoms with E-state index in [9.17, 15) is 17.6 Å². The second kappa shape index (κ2) is 13.2. The molecule has 0 radical (unpaired) electrons. The number of anilines is 2. The first-order chi connectivity index (χ1) is 20.8. The third-order valence-corrected chi connectivity index (χ3v) is 10.7. The van der Waals surface area contributed by atoms with E-state index in [1.807, 2.05) is 0 Å². The standard InChI is InChI=1S/C29H37FN6O6SSi/c1-19(16-22-23(32-20(2)37)17-21(30)18-31-22)43(38,39)35(13-15-44(5,6)7)29-34-33-28(26-12-9-14-42-26)36(29)27-24(40-3)10-8-11-25(27)41-4/h8-12,14,17-19H,13,15-16H2,1-7H3,(H,32,37). The fourth-order valence-corrected chi connectivity index (χ4v) is 7.11. The van der Waals surface area contributed by atoms with E-state index in [2.05, 4.69) is 40.1 Å². The number of furan rings is 1. The average Bonchev–Trinajstić information content (AvgIpc) is 3.63. The quantitative estimate of drug-likeness (QED) is 0.196. The number of ether oxygens (including phenoxy) is 2. The third-order valence-electron chi connectivity index (χ3n) is 6.84. The van der Waals surface area contributed by atoms with Crippen molar-refractivity contribution in [3.8, 4) is 28.8 Å². The molecule has 0 aliphatic rings. The van der Waals surface area contributed by atoms with Gasteiger partial charge in [-0.3, -0.25) is 14.3 Å². The van der Waals surface area contributed by atoms with E-state index >= 15 is 0 Å². The second-order valence-electron chi connectivity index (χ2n) is 11.4. The molecule has 15 heteroatoms. The lowest BCUT2D eigenvalue weighted by Crippen LogP contribution is -2.42. The highest BCUT2D eigenvalue weighted by atomic mass is 32.2. The number of carbonyl (C=O) groups excluding carboxylic acids is 1. The first kappa shape index (κ1) is 32.7. The van der Waals surface area contributed by atoms with E-state index in [0.29, 0.717) is 29.0 Å². The Labute approximate surface area is 257 Å². The maximum Gasteiger partial charge on any atom is 0.246 e. The molecule has 1 unspecified atom stereocenters. The van der Waals surface area contributed by atoms with Crippen LogP contribution in [0.25, 0.3) is 17.3 Å². The Morgan fingerprint density at radius 1 is 1.14 bits per heavy atom. The maximum atomic E-state index is 14.5. The lowest BCUT2D eigenvalue weighted by molar-refractivity contribution is -0.114.